The molecule has 0 radical (unpaired) electrons. The van der Waals surface area contributed by atoms with E-state index in [0.717, 1.165) is 4.47 Å². The van der Waals surface area contributed by atoms with E-state index in [2.05, 4.69) is 20.7 Å². The van der Waals surface area contributed by atoms with Gasteiger partial charge in [-0.25, -0.2) is 13.1 Å². The molecule has 21 heavy (non-hydrogen) atoms. The minimum atomic E-state index is -3.56. The Hall–Kier alpha value is -0.960. The van der Waals surface area contributed by atoms with Gasteiger partial charge in [-0.15, -0.1) is 0 Å². The maximum Gasteiger partial charge on any atom is 0.240 e. The molecule has 1 amide bonds. The number of rotatable bonds is 8. The van der Waals surface area contributed by atoms with Crippen LogP contribution < -0.4 is 4.72 Å². The molecule has 0 aliphatic rings. The lowest BCUT2D eigenvalue weighted by atomic mass is 10.4. The molecule has 1 aromatic carbocycles. The van der Waals surface area contributed by atoms with Gasteiger partial charge in [0.2, 0.25) is 15.9 Å². The topological polar surface area (TPSA) is 75.7 Å². The summed E-state index contributed by atoms with van der Waals surface area (Å²) in [5.41, 5.74) is 0. The number of nitrogens with one attached hydrogen (secondary N) is 1. The molecular weight excluding hydrogens is 360 g/mol. The SMILES string of the molecule is COCCN(CCNS(=O)(=O)c1ccc(Br)cc1)C(C)=O. The molecule has 0 aromatic heterocycles. The van der Waals surface area contributed by atoms with Gasteiger partial charge in [-0.05, 0) is 24.3 Å². The van der Waals surface area contributed by atoms with Gasteiger partial charge in [-0.3, -0.25) is 4.79 Å². The highest BCUT2D eigenvalue weighted by molar-refractivity contribution is 9.10. The molecule has 0 saturated heterocycles. The summed E-state index contributed by atoms with van der Waals surface area (Å²) in [6, 6.07) is 6.35. The molecule has 0 fully saturated rings. The molecule has 0 spiro atoms. The number of carbonyl (C=O) groups excluding carboxylic acids is 1. The fraction of sp³-hybridized carbons (Fsp3) is 0.462. The van der Waals surface area contributed by atoms with Crippen LogP contribution in [0.5, 0.6) is 0 Å². The fourth-order valence-electron chi connectivity index (χ4n) is 1.64. The van der Waals surface area contributed by atoms with E-state index in [-0.39, 0.29) is 17.3 Å². The summed E-state index contributed by atoms with van der Waals surface area (Å²) in [4.78, 5) is 13.1. The van der Waals surface area contributed by atoms with Crippen molar-refractivity contribution in [3.05, 3.63) is 28.7 Å². The van der Waals surface area contributed by atoms with Crippen molar-refractivity contribution in [3.63, 3.8) is 0 Å². The molecular formula is C13H19BrN2O4S. The lowest BCUT2D eigenvalue weighted by Gasteiger charge is -2.20. The fourth-order valence-corrected chi connectivity index (χ4v) is 2.93. The molecule has 0 aliphatic heterocycles. The first-order chi connectivity index (χ1) is 9.86. The van der Waals surface area contributed by atoms with Crippen LogP contribution in [-0.2, 0) is 19.6 Å². The number of benzene rings is 1. The molecule has 8 heteroatoms. The molecule has 0 saturated carbocycles. The van der Waals surface area contributed by atoms with Crippen molar-refractivity contribution in [1.82, 2.24) is 9.62 Å². The Morgan fingerprint density at radius 2 is 1.90 bits per heavy atom. The Morgan fingerprint density at radius 3 is 2.43 bits per heavy atom. The summed E-state index contributed by atoms with van der Waals surface area (Å²) in [6.45, 7) is 2.75. The summed E-state index contributed by atoms with van der Waals surface area (Å²) >= 11 is 3.25. The standard InChI is InChI=1S/C13H19BrN2O4S/c1-11(17)16(9-10-20-2)8-7-15-21(18,19)13-5-3-12(14)4-6-13/h3-6,15H,7-10H2,1-2H3. The molecule has 0 atom stereocenters. The zero-order valence-corrected chi connectivity index (χ0v) is 14.4. The molecule has 6 nitrogen and oxygen atoms in total. The van der Waals surface area contributed by atoms with E-state index in [1.807, 2.05) is 0 Å². The van der Waals surface area contributed by atoms with Gasteiger partial charge in [0.05, 0.1) is 11.5 Å². The third kappa shape index (κ3) is 6.13. The van der Waals surface area contributed by atoms with Crippen LogP contribution in [0.25, 0.3) is 0 Å². The minimum Gasteiger partial charge on any atom is -0.383 e. The Labute approximate surface area is 133 Å². The molecule has 118 valence electrons. The van der Waals surface area contributed by atoms with Crippen LogP contribution in [0.15, 0.2) is 33.6 Å². The van der Waals surface area contributed by atoms with Crippen LogP contribution >= 0.6 is 15.9 Å². The average molecular weight is 379 g/mol. The van der Waals surface area contributed by atoms with E-state index in [1.54, 1.807) is 19.2 Å². The van der Waals surface area contributed by atoms with Crippen molar-refractivity contribution < 1.29 is 17.9 Å². The summed E-state index contributed by atoms with van der Waals surface area (Å²) in [5.74, 6) is -0.116. The number of ether oxygens (including phenoxy) is 1. The molecule has 0 heterocycles. The number of nitrogens with zero attached hydrogens (tertiary/aromatic N) is 1. The van der Waals surface area contributed by atoms with Crippen molar-refractivity contribution in [1.29, 1.82) is 0 Å². The number of sulfonamides is 1. The van der Waals surface area contributed by atoms with Gasteiger partial charge in [0.1, 0.15) is 0 Å². The third-order valence-electron chi connectivity index (χ3n) is 2.81. The van der Waals surface area contributed by atoms with Gasteiger partial charge >= 0.3 is 0 Å². The van der Waals surface area contributed by atoms with E-state index >= 15 is 0 Å². The first kappa shape index (κ1) is 18.1. The first-order valence-electron chi connectivity index (χ1n) is 6.36. The van der Waals surface area contributed by atoms with Crippen LogP contribution in [0.2, 0.25) is 0 Å². The maximum atomic E-state index is 12.1. The second-order valence-electron chi connectivity index (χ2n) is 4.35. The highest BCUT2D eigenvalue weighted by Gasteiger charge is 2.14. The van der Waals surface area contributed by atoms with E-state index in [0.29, 0.717) is 19.7 Å². The summed E-state index contributed by atoms with van der Waals surface area (Å²) in [7, 11) is -2.01. The zero-order valence-electron chi connectivity index (χ0n) is 12.0. The van der Waals surface area contributed by atoms with E-state index in [9.17, 15) is 13.2 Å². The third-order valence-corrected chi connectivity index (χ3v) is 4.81. The number of amides is 1. The van der Waals surface area contributed by atoms with E-state index < -0.39 is 10.0 Å². The van der Waals surface area contributed by atoms with Gasteiger partial charge in [-0.1, -0.05) is 15.9 Å². The van der Waals surface area contributed by atoms with Gasteiger partial charge in [0.15, 0.2) is 0 Å². The predicted molar refractivity (Wildman–Crippen MR) is 83.5 cm³/mol. The maximum absolute atomic E-state index is 12.1. The van der Waals surface area contributed by atoms with Crippen molar-refractivity contribution in [2.75, 3.05) is 33.4 Å². The highest BCUT2D eigenvalue weighted by atomic mass is 79.9. The van der Waals surface area contributed by atoms with Crippen LogP contribution in [0.4, 0.5) is 0 Å². The normalized spacial score (nSPS) is 11.4. The van der Waals surface area contributed by atoms with Crippen LogP contribution in [-0.4, -0.2) is 52.6 Å². The number of halogens is 1. The summed E-state index contributed by atoms with van der Waals surface area (Å²) in [6.07, 6.45) is 0. The van der Waals surface area contributed by atoms with Gasteiger partial charge in [0.25, 0.3) is 0 Å². The highest BCUT2D eigenvalue weighted by Crippen LogP contribution is 2.14. The molecule has 1 rings (SSSR count). The first-order valence-corrected chi connectivity index (χ1v) is 8.64. The van der Waals surface area contributed by atoms with Gasteiger partial charge < -0.3 is 9.64 Å². The lowest BCUT2D eigenvalue weighted by Crippen LogP contribution is -2.39. The van der Waals surface area contributed by atoms with Crippen molar-refractivity contribution in [3.8, 4) is 0 Å². The Balaban J connectivity index is 2.56. The Morgan fingerprint density at radius 1 is 1.29 bits per heavy atom. The van der Waals surface area contributed by atoms with Crippen LogP contribution in [0, 0.1) is 0 Å². The van der Waals surface area contributed by atoms with Gasteiger partial charge in [-0.2, -0.15) is 0 Å². The van der Waals surface area contributed by atoms with Crippen molar-refractivity contribution in [2.45, 2.75) is 11.8 Å². The minimum absolute atomic E-state index is 0.116. The van der Waals surface area contributed by atoms with Gasteiger partial charge in [0, 0.05) is 38.1 Å². The predicted octanol–water partition coefficient (Wildman–Crippen LogP) is 1.22. The number of carbonyl (C=O) groups is 1. The molecule has 0 aliphatic carbocycles. The summed E-state index contributed by atoms with van der Waals surface area (Å²) < 4.78 is 32.3. The second kappa shape index (κ2) is 8.47. The average Bonchev–Trinajstić information content (AvgIpc) is 2.42. The Bertz CT molecular complexity index is 560. The van der Waals surface area contributed by atoms with Crippen molar-refractivity contribution >= 4 is 31.9 Å². The molecule has 1 N–H and O–H groups in total. The largest absolute Gasteiger partial charge is 0.383 e. The lowest BCUT2D eigenvalue weighted by molar-refractivity contribution is -0.129. The van der Waals surface area contributed by atoms with E-state index in [4.69, 9.17) is 4.74 Å². The second-order valence-corrected chi connectivity index (χ2v) is 7.03. The number of methoxy groups -OCH3 is 1. The van der Waals surface area contributed by atoms with Crippen LogP contribution in [0.3, 0.4) is 0 Å². The smallest absolute Gasteiger partial charge is 0.240 e. The van der Waals surface area contributed by atoms with Crippen LogP contribution in [0.1, 0.15) is 6.92 Å². The number of hydrogen-bond donors (Lipinski definition) is 1. The monoisotopic (exact) mass is 378 g/mol. The number of hydrogen-bond acceptors (Lipinski definition) is 4. The Kier molecular flexibility index (Phi) is 7.30. The molecule has 0 unspecified atom stereocenters. The quantitative estimate of drug-likeness (QED) is 0.737. The van der Waals surface area contributed by atoms with E-state index in [1.165, 1.54) is 24.0 Å². The molecule has 1 aromatic rings. The zero-order chi connectivity index (χ0) is 15.9. The molecule has 0 bridgehead atoms. The van der Waals surface area contributed by atoms with Crippen molar-refractivity contribution in [2.24, 2.45) is 0 Å². The summed E-state index contributed by atoms with van der Waals surface area (Å²) in [5, 5.41) is 0.